The molecule has 0 aliphatic carbocycles. The summed E-state index contributed by atoms with van der Waals surface area (Å²) in [6, 6.07) is 0. The lowest BCUT2D eigenvalue weighted by Crippen LogP contribution is -2.20. The van der Waals surface area contributed by atoms with Gasteiger partial charge in [0.05, 0.1) is 0 Å². The summed E-state index contributed by atoms with van der Waals surface area (Å²) in [5.41, 5.74) is 0. The molecule has 0 rings (SSSR count). The Kier molecular flexibility index (Phi) is 26.8. The standard InChI is InChI=1S/C16H35N.C6H11NO/c1-3-5-7-9-11-13-15-17-16-14-12-10-8-6-4-2;1-3-5-7-6(8)4-2/h17H,3-16H2,1-2H3;4H,2-3,5H2,1H3,(H,7,8). The molecule has 0 aliphatic rings. The molecule has 2 N–H and O–H groups in total. The Hall–Kier alpha value is -0.830. The molecule has 0 fully saturated rings. The van der Waals surface area contributed by atoms with Crippen molar-refractivity contribution < 1.29 is 4.79 Å². The Morgan fingerprint density at radius 3 is 1.52 bits per heavy atom. The molecule has 0 spiro atoms. The Labute approximate surface area is 158 Å². The Morgan fingerprint density at radius 2 is 1.12 bits per heavy atom. The van der Waals surface area contributed by atoms with Crippen molar-refractivity contribution in [2.24, 2.45) is 0 Å². The van der Waals surface area contributed by atoms with Crippen LogP contribution in [0, 0.1) is 0 Å². The van der Waals surface area contributed by atoms with Crippen LogP contribution in [0.25, 0.3) is 0 Å². The van der Waals surface area contributed by atoms with Crippen molar-refractivity contribution in [3.05, 3.63) is 12.7 Å². The first kappa shape index (κ1) is 26.4. The minimum Gasteiger partial charge on any atom is -0.353 e. The first-order chi connectivity index (χ1) is 12.2. The van der Waals surface area contributed by atoms with Gasteiger partial charge in [0.25, 0.3) is 0 Å². The van der Waals surface area contributed by atoms with Crippen LogP contribution in [0.2, 0.25) is 0 Å². The Bertz CT molecular complexity index is 253. The average molecular weight is 355 g/mol. The van der Waals surface area contributed by atoms with Gasteiger partial charge in [0.15, 0.2) is 0 Å². The van der Waals surface area contributed by atoms with Crippen molar-refractivity contribution in [2.75, 3.05) is 19.6 Å². The van der Waals surface area contributed by atoms with E-state index in [1.54, 1.807) is 0 Å². The second kappa shape index (κ2) is 25.4. The van der Waals surface area contributed by atoms with Gasteiger partial charge in [-0.05, 0) is 38.4 Å². The number of rotatable bonds is 17. The van der Waals surface area contributed by atoms with Crippen molar-refractivity contribution in [3.8, 4) is 0 Å². The third kappa shape index (κ3) is 28.3. The molecule has 0 heterocycles. The molecule has 1 amide bonds. The van der Waals surface area contributed by atoms with E-state index < -0.39 is 0 Å². The average Bonchev–Trinajstić information content (AvgIpc) is 2.64. The first-order valence-corrected chi connectivity index (χ1v) is 10.8. The number of carbonyl (C=O) groups excluding carboxylic acids is 1. The van der Waals surface area contributed by atoms with E-state index in [0.717, 1.165) is 13.0 Å². The van der Waals surface area contributed by atoms with Crippen LogP contribution in [-0.4, -0.2) is 25.5 Å². The molecule has 25 heavy (non-hydrogen) atoms. The molecular formula is C22H46N2O. The quantitative estimate of drug-likeness (QED) is 0.248. The van der Waals surface area contributed by atoms with Gasteiger partial charge in [-0.25, -0.2) is 0 Å². The van der Waals surface area contributed by atoms with Crippen LogP contribution in [0.1, 0.15) is 104 Å². The Balaban J connectivity index is 0. The zero-order chi connectivity index (χ0) is 19.0. The van der Waals surface area contributed by atoms with Crippen molar-refractivity contribution in [1.82, 2.24) is 10.6 Å². The SMILES string of the molecule is C=CC(=O)NCCC.CCCCCCCCNCCCCCCCC. The second-order valence-corrected chi connectivity index (χ2v) is 6.78. The fraction of sp³-hybridized carbons (Fsp3) is 0.864. The van der Waals surface area contributed by atoms with Gasteiger partial charge >= 0.3 is 0 Å². The second-order valence-electron chi connectivity index (χ2n) is 6.78. The summed E-state index contributed by atoms with van der Waals surface area (Å²) < 4.78 is 0. The number of hydrogen-bond donors (Lipinski definition) is 2. The fourth-order valence-corrected chi connectivity index (χ4v) is 2.51. The molecule has 0 aromatic heterocycles. The number of nitrogens with one attached hydrogen (secondary N) is 2. The van der Waals surface area contributed by atoms with Crippen molar-refractivity contribution in [3.63, 3.8) is 0 Å². The van der Waals surface area contributed by atoms with E-state index in [0.29, 0.717) is 0 Å². The highest BCUT2D eigenvalue weighted by Gasteiger charge is 1.92. The molecule has 0 bridgehead atoms. The number of unbranched alkanes of at least 4 members (excludes halogenated alkanes) is 10. The monoisotopic (exact) mass is 354 g/mol. The molecule has 150 valence electrons. The molecule has 0 aromatic rings. The van der Waals surface area contributed by atoms with Crippen LogP contribution in [0.5, 0.6) is 0 Å². The van der Waals surface area contributed by atoms with Crippen LogP contribution in [0.4, 0.5) is 0 Å². The van der Waals surface area contributed by atoms with E-state index in [1.807, 2.05) is 6.92 Å². The summed E-state index contributed by atoms with van der Waals surface area (Å²) in [4.78, 5) is 10.3. The fourth-order valence-electron chi connectivity index (χ4n) is 2.51. The smallest absolute Gasteiger partial charge is 0.243 e. The van der Waals surface area contributed by atoms with Gasteiger partial charge in [-0.1, -0.05) is 91.6 Å². The van der Waals surface area contributed by atoms with E-state index in [9.17, 15) is 4.79 Å². The Morgan fingerprint density at radius 1 is 0.680 bits per heavy atom. The van der Waals surface area contributed by atoms with Crippen molar-refractivity contribution in [1.29, 1.82) is 0 Å². The molecule has 3 heteroatoms. The summed E-state index contributed by atoms with van der Waals surface area (Å²) >= 11 is 0. The molecular weight excluding hydrogens is 308 g/mol. The van der Waals surface area contributed by atoms with Gasteiger partial charge in [0, 0.05) is 6.54 Å². The van der Waals surface area contributed by atoms with E-state index >= 15 is 0 Å². The van der Waals surface area contributed by atoms with Crippen molar-refractivity contribution in [2.45, 2.75) is 104 Å². The van der Waals surface area contributed by atoms with E-state index in [1.165, 1.54) is 96.2 Å². The molecule has 0 unspecified atom stereocenters. The number of carbonyl (C=O) groups is 1. The lowest BCUT2D eigenvalue weighted by Gasteiger charge is -2.04. The highest BCUT2D eigenvalue weighted by atomic mass is 16.1. The summed E-state index contributed by atoms with van der Waals surface area (Å²) in [5, 5.41) is 6.19. The zero-order valence-corrected chi connectivity index (χ0v) is 17.5. The summed E-state index contributed by atoms with van der Waals surface area (Å²) in [6.45, 7) is 13.1. The highest BCUT2D eigenvalue weighted by Crippen LogP contribution is 2.05. The lowest BCUT2D eigenvalue weighted by atomic mass is 10.1. The largest absolute Gasteiger partial charge is 0.353 e. The van der Waals surface area contributed by atoms with E-state index in [-0.39, 0.29) is 5.91 Å². The van der Waals surface area contributed by atoms with E-state index in [4.69, 9.17) is 0 Å². The van der Waals surface area contributed by atoms with Gasteiger partial charge < -0.3 is 10.6 Å². The topological polar surface area (TPSA) is 41.1 Å². The lowest BCUT2D eigenvalue weighted by molar-refractivity contribution is -0.116. The van der Waals surface area contributed by atoms with Crippen LogP contribution in [-0.2, 0) is 4.79 Å². The maximum absolute atomic E-state index is 10.3. The molecule has 0 radical (unpaired) electrons. The van der Waals surface area contributed by atoms with Crippen LogP contribution >= 0.6 is 0 Å². The van der Waals surface area contributed by atoms with Gasteiger partial charge in [-0.15, -0.1) is 0 Å². The molecule has 0 saturated carbocycles. The summed E-state index contributed by atoms with van der Waals surface area (Å²) in [7, 11) is 0. The van der Waals surface area contributed by atoms with Crippen LogP contribution < -0.4 is 10.6 Å². The number of amides is 1. The number of hydrogen-bond acceptors (Lipinski definition) is 2. The van der Waals surface area contributed by atoms with Crippen LogP contribution in [0.3, 0.4) is 0 Å². The minimum atomic E-state index is -0.0909. The van der Waals surface area contributed by atoms with Gasteiger partial charge in [-0.2, -0.15) is 0 Å². The van der Waals surface area contributed by atoms with Gasteiger partial charge in [0.2, 0.25) is 5.91 Å². The van der Waals surface area contributed by atoms with Gasteiger partial charge in [0.1, 0.15) is 0 Å². The third-order valence-electron chi connectivity index (χ3n) is 4.15. The maximum Gasteiger partial charge on any atom is 0.243 e. The molecule has 0 aromatic carbocycles. The van der Waals surface area contributed by atoms with E-state index in [2.05, 4.69) is 31.1 Å². The summed E-state index contributed by atoms with van der Waals surface area (Å²) in [6.07, 6.45) is 19.1. The zero-order valence-electron chi connectivity index (χ0n) is 17.5. The summed E-state index contributed by atoms with van der Waals surface area (Å²) in [5.74, 6) is -0.0909. The maximum atomic E-state index is 10.3. The third-order valence-corrected chi connectivity index (χ3v) is 4.15. The molecule has 0 aliphatic heterocycles. The molecule has 3 nitrogen and oxygen atoms in total. The minimum absolute atomic E-state index is 0.0909. The first-order valence-electron chi connectivity index (χ1n) is 10.8. The van der Waals surface area contributed by atoms with Crippen LogP contribution in [0.15, 0.2) is 12.7 Å². The predicted octanol–water partition coefficient (Wildman–Crippen LogP) is 6.00. The van der Waals surface area contributed by atoms with Crippen molar-refractivity contribution >= 4 is 5.91 Å². The molecule has 0 atom stereocenters. The van der Waals surface area contributed by atoms with Gasteiger partial charge in [-0.3, -0.25) is 4.79 Å². The normalized spacial score (nSPS) is 10.0. The highest BCUT2D eigenvalue weighted by molar-refractivity contribution is 5.86. The molecule has 0 saturated heterocycles. The predicted molar refractivity (Wildman–Crippen MR) is 113 cm³/mol.